The molecule has 1 aromatic carbocycles. The number of nitriles is 1. The van der Waals surface area contributed by atoms with Crippen LogP contribution in [0.1, 0.15) is 25.0 Å². The topological polar surface area (TPSA) is 36.3 Å². The molecule has 0 aromatic heterocycles. The maximum atomic E-state index is 9.05. The Morgan fingerprint density at radius 3 is 2.67 bits per heavy atom. The molecule has 1 saturated heterocycles. The molecule has 18 heavy (non-hydrogen) atoms. The van der Waals surface area contributed by atoms with Gasteiger partial charge in [-0.25, -0.2) is 0 Å². The standard InChI is InChI=1S/C15H20N2O/c1-15(2,18-3)14-10-17(11-14)9-13-7-5-4-6-12(13)8-16/h4-7,14H,9-11H2,1-3H3. The third-order valence-electron chi connectivity index (χ3n) is 4.00. The van der Waals surface area contributed by atoms with Crippen LogP contribution < -0.4 is 0 Å². The van der Waals surface area contributed by atoms with E-state index in [1.54, 1.807) is 7.11 Å². The zero-order valence-electron chi connectivity index (χ0n) is 11.3. The van der Waals surface area contributed by atoms with Gasteiger partial charge in [-0.15, -0.1) is 0 Å². The first-order valence-corrected chi connectivity index (χ1v) is 6.32. The molecular weight excluding hydrogens is 224 g/mol. The molecule has 2 rings (SSSR count). The van der Waals surface area contributed by atoms with Gasteiger partial charge in [0.1, 0.15) is 0 Å². The molecule has 1 aromatic rings. The van der Waals surface area contributed by atoms with Gasteiger partial charge in [0.15, 0.2) is 0 Å². The highest BCUT2D eigenvalue weighted by Crippen LogP contribution is 2.30. The summed E-state index contributed by atoms with van der Waals surface area (Å²) in [4.78, 5) is 2.36. The Morgan fingerprint density at radius 1 is 1.39 bits per heavy atom. The molecule has 0 unspecified atom stereocenters. The third kappa shape index (κ3) is 2.55. The van der Waals surface area contributed by atoms with Gasteiger partial charge in [0.05, 0.1) is 17.2 Å². The highest BCUT2D eigenvalue weighted by atomic mass is 16.5. The number of hydrogen-bond donors (Lipinski definition) is 0. The predicted molar refractivity (Wildman–Crippen MR) is 71.0 cm³/mol. The van der Waals surface area contributed by atoms with Gasteiger partial charge >= 0.3 is 0 Å². The average Bonchev–Trinajstić information content (AvgIpc) is 2.33. The summed E-state index contributed by atoms with van der Waals surface area (Å²) in [6, 6.07) is 10.1. The summed E-state index contributed by atoms with van der Waals surface area (Å²) < 4.78 is 5.51. The lowest BCUT2D eigenvalue weighted by atomic mass is 9.84. The summed E-state index contributed by atoms with van der Waals surface area (Å²) in [6.07, 6.45) is 0. The quantitative estimate of drug-likeness (QED) is 0.816. The van der Waals surface area contributed by atoms with Gasteiger partial charge in [-0.2, -0.15) is 5.26 Å². The van der Waals surface area contributed by atoms with E-state index in [2.05, 4.69) is 24.8 Å². The van der Waals surface area contributed by atoms with E-state index in [0.29, 0.717) is 5.92 Å². The zero-order chi connectivity index (χ0) is 13.2. The molecule has 1 heterocycles. The molecule has 0 N–H and O–H groups in total. The largest absolute Gasteiger partial charge is 0.378 e. The fourth-order valence-corrected chi connectivity index (χ4v) is 2.31. The van der Waals surface area contributed by atoms with Crippen LogP contribution in [0.3, 0.4) is 0 Å². The van der Waals surface area contributed by atoms with Crippen molar-refractivity contribution in [2.75, 3.05) is 20.2 Å². The Labute approximate surface area is 109 Å². The zero-order valence-corrected chi connectivity index (χ0v) is 11.3. The Balaban J connectivity index is 1.93. The first-order chi connectivity index (χ1) is 8.56. The molecule has 1 fully saturated rings. The molecule has 0 aliphatic carbocycles. The minimum atomic E-state index is -0.0504. The van der Waals surface area contributed by atoms with Gasteiger partial charge in [-0.05, 0) is 25.5 Å². The van der Waals surface area contributed by atoms with Crippen molar-refractivity contribution >= 4 is 0 Å². The molecule has 1 aliphatic heterocycles. The second kappa shape index (κ2) is 5.09. The lowest BCUT2D eigenvalue weighted by molar-refractivity contribution is -0.0901. The molecule has 0 atom stereocenters. The fraction of sp³-hybridized carbons (Fsp3) is 0.533. The number of hydrogen-bond acceptors (Lipinski definition) is 3. The summed E-state index contributed by atoms with van der Waals surface area (Å²) in [7, 11) is 1.77. The molecule has 1 aliphatic rings. The van der Waals surface area contributed by atoms with Crippen molar-refractivity contribution in [1.82, 2.24) is 4.90 Å². The molecule has 0 saturated carbocycles. The Hall–Kier alpha value is -1.37. The second-order valence-corrected chi connectivity index (χ2v) is 5.47. The molecular formula is C15H20N2O. The van der Waals surface area contributed by atoms with Crippen molar-refractivity contribution in [2.45, 2.75) is 26.0 Å². The molecule has 96 valence electrons. The van der Waals surface area contributed by atoms with E-state index < -0.39 is 0 Å². The Morgan fingerprint density at radius 2 is 2.06 bits per heavy atom. The molecule has 0 bridgehead atoms. The highest BCUT2D eigenvalue weighted by molar-refractivity contribution is 5.37. The van der Waals surface area contributed by atoms with E-state index in [-0.39, 0.29) is 5.60 Å². The van der Waals surface area contributed by atoms with Crippen molar-refractivity contribution in [3.05, 3.63) is 35.4 Å². The number of nitrogens with zero attached hydrogens (tertiary/aromatic N) is 2. The van der Waals surface area contributed by atoms with Crippen LogP contribution in [0.2, 0.25) is 0 Å². The molecule has 0 spiro atoms. The van der Waals surface area contributed by atoms with Crippen molar-refractivity contribution < 1.29 is 4.74 Å². The second-order valence-electron chi connectivity index (χ2n) is 5.47. The number of benzene rings is 1. The maximum absolute atomic E-state index is 9.05. The SMILES string of the molecule is COC(C)(C)C1CN(Cc2ccccc2C#N)C1. The first kappa shape index (κ1) is 13.1. The van der Waals surface area contributed by atoms with Crippen molar-refractivity contribution in [1.29, 1.82) is 5.26 Å². The number of rotatable bonds is 4. The molecule has 0 radical (unpaired) electrons. The summed E-state index contributed by atoms with van der Waals surface area (Å²) in [5.74, 6) is 0.580. The first-order valence-electron chi connectivity index (χ1n) is 6.32. The van der Waals surface area contributed by atoms with E-state index >= 15 is 0 Å². The van der Waals surface area contributed by atoms with Gasteiger partial charge in [-0.1, -0.05) is 18.2 Å². The van der Waals surface area contributed by atoms with Crippen LogP contribution in [0, 0.1) is 17.2 Å². The molecule has 3 nitrogen and oxygen atoms in total. The monoisotopic (exact) mass is 244 g/mol. The molecule has 3 heteroatoms. The van der Waals surface area contributed by atoms with Crippen LogP contribution in [-0.4, -0.2) is 30.7 Å². The van der Waals surface area contributed by atoms with Crippen LogP contribution in [0.5, 0.6) is 0 Å². The lowest BCUT2D eigenvalue weighted by Gasteiger charge is -2.47. The van der Waals surface area contributed by atoms with Crippen LogP contribution >= 0.6 is 0 Å². The van der Waals surface area contributed by atoms with Gasteiger partial charge in [-0.3, -0.25) is 4.90 Å². The van der Waals surface area contributed by atoms with E-state index in [1.807, 2.05) is 24.3 Å². The highest BCUT2D eigenvalue weighted by Gasteiger charge is 2.38. The maximum Gasteiger partial charge on any atom is 0.0995 e. The summed E-state index contributed by atoms with van der Waals surface area (Å²) in [6.45, 7) is 7.22. The number of methoxy groups -OCH3 is 1. The third-order valence-corrected chi connectivity index (χ3v) is 4.00. The van der Waals surface area contributed by atoms with Crippen LogP contribution in [0.15, 0.2) is 24.3 Å². The fourth-order valence-electron chi connectivity index (χ4n) is 2.31. The van der Waals surface area contributed by atoms with Gasteiger partial charge in [0.2, 0.25) is 0 Å². The van der Waals surface area contributed by atoms with Gasteiger partial charge in [0.25, 0.3) is 0 Å². The predicted octanol–water partition coefficient (Wildman–Crippen LogP) is 2.42. The summed E-state index contributed by atoms with van der Waals surface area (Å²) in [5, 5.41) is 9.05. The average molecular weight is 244 g/mol. The van der Waals surface area contributed by atoms with Crippen molar-refractivity contribution in [2.24, 2.45) is 5.92 Å². The normalized spacial score (nSPS) is 17.2. The van der Waals surface area contributed by atoms with Crippen molar-refractivity contribution in [3.8, 4) is 6.07 Å². The van der Waals surface area contributed by atoms with Gasteiger partial charge in [0, 0.05) is 32.7 Å². The summed E-state index contributed by atoms with van der Waals surface area (Å²) >= 11 is 0. The number of likely N-dealkylation sites (tertiary alicyclic amines) is 1. The van der Waals surface area contributed by atoms with Gasteiger partial charge < -0.3 is 4.74 Å². The minimum absolute atomic E-state index is 0.0504. The molecule has 0 amide bonds. The minimum Gasteiger partial charge on any atom is -0.378 e. The Kier molecular flexibility index (Phi) is 3.70. The van der Waals surface area contributed by atoms with E-state index in [1.165, 1.54) is 0 Å². The van der Waals surface area contributed by atoms with Crippen LogP contribution in [0.25, 0.3) is 0 Å². The lowest BCUT2D eigenvalue weighted by Crippen LogP contribution is -2.55. The van der Waals surface area contributed by atoms with E-state index in [4.69, 9.17) is 10.00 Å². The Bertz CT molecular complexity index is 456. The number of ether oxygens (including phenoxy) is 1. The van der Waals surface area contributed by atoms with E-state index in [0.717, 1.165) is 30.8 Å². The van der Waals surface area contributed by atoms with E-state index in [9.17, 15) is 0 Å². The van der Waals surface area contributed by atoms with Crippen molar-refractivity contribution in [3.63, 3.8) is 0 Å². The van der Waals surface area contributed by atoms with Crippen LogP contribution in [-0.2, 0) is 11.3 Å². The summed E-state index contributed by atoms with van der Waals surface area (Å²) in [5.41, 5.74) is 1.85. The smallest absolute Gasteiger partial charge is 0.0995 e. The van der Waals surface area contributed by atoms with Crippen LogP contribution in [0.4, 0.5) is 0 Å².